The molecule has 11 rings (SSSR count). The quantitative estimate of drug-likeness (QED) is 0.184. The summed E-state index contributed by atoms with van der Waals surface area (Å²) in [5, 5.41) is 27.3. The lowest BCUT2D eigenvalue weighted by atomic mass is 9.99. The highest BCUT2D eigenvalue weighted by Crippen LogP contribution is 2.41. The monoisotopic (exact) mass is 699 g/mol. The van der Waals surface area contributed by atoms with Gasteiger partial charge in [-0.15, -0.1) is 0 Å². The molecule has 5 nitrogen and oxygen atoms in total. The Hall–Kier alpha value is -7.86. The van der Waals surface area contributed by atoms with Gasteiger partial charge in [-0.1, -0.05) is 109 Å². The Morgan fingerprint density at radius 2 is 0.873 bits per heavy atom. The van der Waals surface area contributed by atoms with Crippen molar-refractivity contribution in [3.63, 3.8) is 0 Å². The lowest BCUT2D eigenvalue weighted by Crippen LogP contribution is -2.01. The molecule has 0 radical (unpaired) electrons. The van der Waals surface area contributed by atoms with Gasteiger partial charge in [0.25, 0.3) is 0 Å². The van der Waals surface area contributed by atoms with E-state index in [0.29, 0.717) is 11.1 Å². The molecule has 8 aromatic carbocycles. The van der Waals surface area contributed by atoms with Crippen LogP contribution in [0.1, 0.15) is 11.1 Å². The van der Waals surface area contributed by atoms with Gasteiger partial charge in [-0.25, -0.2) is 0 Å². The van der Waals surface area contributed by atoms with E-state index in [1.807, 2.05) is 30.3 Å². The van der Waals surface area contributed by atoms with Crippen LogP contribution in [-0.2, 0) is 0 Å². The maximum absolute atomic E-state index is 10.7. The van der Waals surface area contributed by atoms with Gasteiger partial charge in [-0.05, 0) is 77.9 Å². The predicted octanol–water partition coefficient (Wildman–Crippen LogP) is 12.4. The Morgan fingerprint density at radius 3 is 1.53 bits per heavy atom. The first-order valence-corrected chi connectivity index (χ1v) is 18.3. The van der Waals surface area contributed by atoms with E-state index in [2.05, 4.69) is 171 Å². The van der Waals surface area contributed by atoms with E-state index in [1.165, 1.54) is 10.8 Å². The fraction of sp³-hybridized carbons (Fsp3) is 0. The normalized spacial score (nSPS) is 11.6. The number of fused-ring (bicyclic) bond motifs is 9. The second-order valence-corrected chi connectivity index (χ2v) is 13.9. The summed E-state index contributed by atoms with van der Waals surface area (Å²) in [6, 6.07) is 65.9. The highest BCUT2D eigenvalue weighted by Gasteiger charge is 2.21. The van der Waals surface area contributed by atoms with Crippen molar-refractivity contribution in [3.05, 3.63) is 187 Å². The molecule has 3 heterocycles. The number of nitriles is 2. The van der Waals surface area contributed by atoms with Gasteiger partial charge in [-0.3, -0.25) is 0 Å². The Labute approximate surface area is 316 Å². The minimum Gasteiger partial charge on any atom is -0.309 e. The predicted molar refractivity (Wildman–Crippen MR) is 224 cm³/mol. The van der Waals surface area contributed by atoms with Crippen molar-refractivity contribution in [2.45, 2.75) is 0 Å². The Balaban J connectivity index is 1.08. The summed E-state index contributed by atoms with van der Waals surface area (Å²) in [5.41, 5.74) is 12.6. The SMILES string of the molecule is N#Cc1cc(-n2c3ccccc3c3cccc(-n4c5ccccc5c5ccccc54)c32)ccc1-c1ccc(-n2c3ccccc3c3c(C#N)cccc32)cc1. The highest BCUT2D eigenvalue weighted by atomic mass is 15.1. The third-order valence-electron chi connectivity index (χ3n) is 11.1. The molecule has 0 aliphatic heterocycles. The van der Waals surface area contributed by atoms with E-state index < -0.39 is 0 Å². The number of benzene rings is 8. The van der Waals surface area contributed by atoms with Gasteiger partial charge >= 0.3 is 0 Å². The highest BCUT2D eigenvalue weighted by molar-refractivity contribution is 6.15. The number of hydrogen-bond donors (Lipinski definition) is 0. The Morgan fingerprint density at radius 1 is 0.364 bits per heavy atom. The second-order valence-electron chi connectivity index (χ2n) is 13.9. The molecule has 55 heavy (non-hydrogen) atoms. The van der Waals surface area contributed by atoms with Crippen LogP contribution in [0.4, 0.5) is 0 Å². The van der Waals surface area contributed by atoms with Crippen molar-refractivity contribution in [2.75, 3.05) is 0 Å². The summed E-state index contributed by atoms with van der Waals surface area (Å²) in [4.78, 5) is 0. The van der Waals surface area contributed by atoms with Gasteiger partial charge in [0.2, 0.25) is 0 Å². The van der Waals surface area contributed by atoms with Crippen molar-refractivity contribution in [1.82, 2.24) is 13.7 Å². The molecule has 0 saturated heterocycles. The molecule has 0 fully saturated rings. The van der Waals surface area contributed by atoms with Gasteiger partial charge < -0.3 is 13.7 Å². The smallest absolute Gasteiger partial charge is 0.0998 e. The van der Waals surface area contributed by atoms with Crippen LogP contribution in [-0.4, -0.2) is 13.7 Å². The van der Waals surface area contributed by atoms with Gasteiger partial charge in [-0.2, -0.15) is 10.5 Å². The Kier molecular flexibility index (Phi) is 6.61. The van der Waals surface area contributed by atoms with Gasteiger partial charge in [0, 0.05) is 43.7 Å². The van der Waals surface area contributed by atoms with Crippen LogP contribution in [0.2, 0.25) is 0 Å². The molecule has 0 spiro atoms. The van der Waals surface area contributed by atoms with E-state index >= 15 is 0 Å². The zero-order valence-electron chi connectivity index (χ0n) is 29.5. The first kappa shape index (κ1) is 30.7. The molecule has 0 bridgehead atoms. The zero-order valence-corrected chi connectivity index (χ0v) is 29.5. The summed E-state index contributed by atoms with van der Waals surface area (Å²) >= 11 is 0. The maximum atomic E-state index is 10.7. The van der Waals surface area contributed by atoms with Gasteiger partial charge in [0.05, 0.1) is 62.1 Å². The third-order valence-corrected chi connectivity index (χ3v) is 11.1. The number of aromatic nitrogens is 3. The largest absolute Gasteiger partial charge is 0.309 e. The maximum Gasteiger partial charge on any atom is 0.0998 e. The molecule has 0 atom stereocenters. The van der Waals surface area contributed by atoms with E-state index in [1.54, 1.807) is 0 Å². The molecule has 0 aliphatic rings. The summed E-state index contributed by atoms with van der Waals surface area (Å²) in [6.07, 6.45) is 0. The molecule has 0 amide bonds. The average molecular weight is 700 g/mol. The van der Waals surface area contributed by atoms with Crippen molar-refractivity contribution in [1.29, 1.82) is 10.5 Å². The molecule has 0 unspecified atom stereocenters. The minimum absolute atomic E-state index is 0.598. The summed E-state index contributed by atoms with van der Waals surface area (Å²) in [5.74, 6) is 0. The number of para-hydroxylation sites is 5. The molecule has 11 aromatic rings. The van der Waals surface area contributed by atoms with Crippen molar-refractivity contribution >= 4 is 65.4 Å². The first-order valence-electron chi connectivity index (χ1n) is 18.3. The summed E-state index contributed by atoms with van der Waals surface area (Å²) in [6.45, 7) is 0. The van der Waals surface area contributed by atoms with Gasteiger partial charge in [0.15, 0.2) is 0 Å². The average Bonchev–Trinajstić information content (AvgIpc) is 3.90. The molecule has 0 aliphatic carbocycles. The van der Waals surface area contributed by atoms with E-state index in [0.717, 1.165) is 82.8 Å². The van der Waals surface area contributed by atoms with Crippen molar-refractivity contribution < 1.29 is 0 Å². The number of rotatable bonds is 4. The lowest BCUT2D eigenvalue weighted by molar-refractivity contribution is 1.13. The van der Waals surface area contributed by atoms with E-state index in [-0.39, 0.29) is 0 Å². The fourth-order valence-corrected chi connectivity index (χ4v) is 8.83. The molecule has 0 N–H and O–H groups in total. The number of nitrogens with zero attached hydrogens (tertiary/aromatic N) is 5. The third kappa shape index (κ3) is 4.39. The Bertz CT molecular complexity index is 3400. The second kappa shape index (κ2) is 11.8. The van der Waals surface area contributed by atoms with Crippen LogP contribution in [0.5, 0.6) is 0 Å². The molecule has 254 valence electrons. The summed E-state index contributed by atoms with van der Waals surface area (Å²) < 4.78 is 6.90. The van der Waals surface area contributed by atoms with Crippen LogP contribution in [0.25, 0.3) is 93.6 Å². The van der Waals surface area contributed by atoms with Crippen LogP contribution in [0, 0.1) is 22.7 Å². The summed E-state index contributed by atoms with van der Waals surface area (Å²) in [7, 11) is 0. The van der Waals surface area contributed by atoms with E-state index in [9.17, 15) is 10.5 Å². The van der Waals surface area contributed by atoms with Crippen LogP contribution in [0.3, 0.4) is 0 Å². The minimum atomic E-state index is 0.598. The number of hydrogen-bond acceptors (Lipinski definition) is 2. The standard InChI is InChI=1S/C50H29N5/c51-30-33-11-9-21-47-49(33)42-15-4-8-20-46(42)53(47)35-25-23-32(24-26-35)37-28-27-36(29-34(37)31-52)54-43-17-5-3-14-40(43)41-16-10-22-48(50(41)54)55-44-18-6-1-12-38(44)39-13-2-7-19-45(39)55/h1-29H. The molecule has 5 heteroatoms. The van der Waals surface area contributed by atoms with Crippen LogP contribution in [0.15, 0.2) is 176 Å². The topological polar surface area (TPSA) is 62.4 Å². The molecule has 0 saturated carbocycles. The molecule has 3 aromatic heterocycles. The van der Waals surface area contributed by atoms with E-state index in [4.69, 9.17) is 0 Å². The van der Waals surface area contributed by atoms with Crippen molar-refractivity contribution in [2.24, 2.45) is 0 Å². The first-order chi connectivity index (χ1) is 27.2. The fourth-order valence-electron chi connectivity index (χ4n) is 8.83. The molecular weight excluding hydrogens is 671 g/mol. The van der Waals surface area contributed by atoms with Crippen LogP contribution >= 0.6 is 0 Å². The lowest BCUT2D eigenvalue weighted by Gasteiger charge is -2.15. The van der Waals surface area contributed by atoms with Gasteiger partial charge in [0.1, 0.15) is 0 Å². The van der Waals surface area contributed by atoms with Crippen LogP contribution < -0.4 is 0 Å². The zero-order chi connectivity index (χ0) is 36.6. The molecular formula is C50H29N5. The van der Waals surface area contributed by atoms with Crippen molar-refractivity contribution in [3.8, 4) is 40.3 Å².